The number of nitro benzene ring substituents is 1. The van der Waals surface area contributed by atoms with Crippen LogP contribution >= 0.6 is 0 Å². The Morgan fingerprint density at radius 3 is 2.88 bits per heavy atom. The van der Waals surface area contributed by atoms with Crippen LogP contribution in [0, 0.1) is 16.0 Å². The molecule has 2 aromatic rings. The number of para-hydroxylation sites is 1. The molecule has 2 aromatic carbocycles. The minimum atomic E-state index is -0.286. The first kappa shape index (κ1) is 16.6. The summed E-state index contributed by atoms with van der Waals surface area (Å²) in [5, 5.41) is 15.1. The molecule has 5 nitrogen and oxygen atoms in total. The smallest absolute Gasteiger partial charge is 0.274 e. The van der Waals surface area contributed by atoms with Crippen molar-refractivity contribution in [1.82, 2.24) is 0 Å². The third kappa shape index (κ3) is 2.83. The second-order valence-electron chi connectivity index (χ2n) is 6.89. The number of rotatable bonds is 5. The average molecular weight is 350 g/mol. The van der Waals surface area contributed by atoms with Crippen LogP contribution in [0.25, 0.3) is 0 Å². The van der Waals surface area contributed by atoms with Crippen molar-refractivity contribution >= 4 is 11.4 Å². The molecule has 26 heavy (non-hydrogen) atoms. The predicted octanol–water partition coefficient (Wildman–Crippen LogP) is 5.21. The van der Waals surface area contributed by atoms with E-state index in [4.69, 9.17) is 4.74 Å². The van der Waals surface area contributed by atoms with Crippen molar-refractivity contribution in [2.75, 3.05) is 11.9 Å². The topological polar surface area (TPSA) is 64.4 Å². The van der Waals surface area contributed by atoms with E-state index in [2.05, 4.69) is 30.5 Å². The third-order valence-corrected chi connectivity index (χ3v) is 5.28. The zero-order chi connectivity index (χ0) is 18.1. The SMILES string of the molecule is CCCOc1ccc2c(c1)C1C=CCC1C(c1ccccc1[N+](=O)[O-])N2. The van der Waals surface area contributed by atoms with Gasteiger partial charge in [-0.15, -0.1) is 0 Å². The Hall–Kier alpha value is -2.82. The maximum absolute atomic E-state index is 11.5. The highest BCUT2D eigenvalue weighted by molar-refractivity contribution is 5.63. The third-order valence-electron chi connectivity index (χ3n) is 5.28. The molecule has 1 aliphatic carbocycles. The zero-order valence-corrected chi connectivity index (χ0v) is 14.7. The number of anilines is 1. The van der Waals surface area contributed by atoms with Gasteiger partial charge in [-0.05, 0) is 42.5 Å². The molecule has 4 rings (SSSR count). The van der Waals surface area contributed by atoms with Crippen molar-refractivity contribution in [2.45, 2.75) is 31.7 Å². The fraction of sp³-hybridized carbons (Fsp3) is 0.333. The first-order chi connectivity index (χ1) is 12.7. The van der Waals surface area contributed by atoms with Gasteiger partial charge in [-0.3, -0.25) is 10.1 Å². The maximum Gasteiger partial charge on any atom is 0.274 e. The largest absolute Gasteiger partial charge is 0.494 e. The van der Waals surface area contributed by atoms with Crippen molar-refractivity contribution in [2.24, 2.45) is 5.92 Å². The highest BCUT2D eigenvalue weighted by Crippen LogP contribution is 2.51. The van der Waals surface area contributed by atoms with Gasteiger partial charge in [0.1, 0.15) is 5.75 Å². The molecule has 0 saturated heterocycles. The van der Waals surface area contributed by atoms with Crippen LogP contribution in [0.4, 0.5) is 11.4 Å². The zero-order valence-electron chi connectivity index (χ0n) is 14.7. The summed E-state index contributed by atoms with van der Waals surface area (Å²) in [6, 6.07) is 13.1. The van der Waals surface area contributed by atoms with Crippen LogP contribution in [0.3, 0.4) is 0 Å². The van der Waals surface area contributed by atoms with Crippen LogP contribution in [0.2, 0.25) is 0 Å². The number of hydrogen-bond acceptors (Lipinski definition) is 4. The van der Waals surface area contributed by atoms with E-state index in [1.54, 1.807) is 12.1 Å². The molecule has 0 spiro atoms. The lowest BCUT2D eigenvalue weighted by Gasteiger charge is -2.37. The van der Waals surface area contributed by atoms with Gasteiger partial charge in [-0.2, -0.15) is 0 Å². The lowest BCUT2D eigenvalue weighted by atomic mass is 9.76. The lowest BCUT2D eigenvalue weighted by Crippen LogP contribution is -2.29. The van der Waals surface area contributed by atoms with E-state index in [9.17, 15) is 10.1 Å². The van der Waals surface area contributed by atoms with E-state index in [0.717, 1.165) is 29.8 Å². The predicted molar refractivity (Wildman–Crippen MR) is 102 cm³/mol. The Bertz CT molecular complexity index is 862. The quantitative estimate of drug-likeness (QED) is 0.457. The van der Waals surface area contributed by atoms with Gasteiger partial charge in [-0.25, -0.2) is 0 Å². The van der Waals surface area contributed by atoms with Crippen molar-refractivity contribution < 1.29 is 9.66 Å². The summed E-state index contributed by atoms with van der Waals surface area (Å²) in [6.45, 7) is 2.79. The molecule has 1 aliphatic heterocycles. The van der Waals surface area contributed by atoms with Gasteiger partial charge in [0, 0.05) is 17.7 Å². The Morgan fingerprint density at radius 1 is 1.23 bits per heavy atom. The Morgan fingerprint density at radius 2 is 2.08 bits per heavy atom. The molecule has 0 amide bonds. The molecular formula is C21H22N2O3. The van der Waals surface area contributed by atoms with Crippen molar-refractivity contribution in [3.8, 4) is 5.75 Å². The number of nitro groups is 1. The van der Waals surface area contributed by atoms with Gasteiger partial charge in [0.15, 0.2) is 0 Å². The van der Waals surface area contributed by atoms with E-state index < -0.39 is 0 Å². The Balaban J connectivity index is 1.73. The van der Waals surface area contributed by atoms with Gasteiger partial charge in [0.05, 0.1) is 23.1 Å². The summed E-state index contributed by atoms with van der Waals surface area (Å²) in [5.74, 6) is 1.40. The van der Waals surface area contributed by atoms with Crippen LogP contribution in [-0.4, -0.2) is 11.5 Å². The van der Waals surface area contributed by atoms with Crippen LogP contribution in [0.1, 0.15) is 42.9 Å². The minimum absolute atomic E-state index is 0.0773. The second kappa shape index (κ2) is 6.83. The molecule has 0 radical (unpaired) electrons. The normalized spacial score (nSPS) is 23.0. The molecule has 0 fully saturated rings. The van der Waals surface area contributed by atoms with Crippen LogP contribution in [-0.2, 0) is 0 Å². The molecule has 0 saturated carbocycles. The van der Waals surface area contributed by atoms with E-state index in [1.165, 1.54) is 5.56 Å². The Kier molecular flexibility index (Phi) is 4.37. The summed E-state index contributed by atoms with van der Waals surface area (Å²) in [6.07, 6.45) is 6.30. The summed E-state index contributed by atoms with van der Waals surface area (Å²) in [7, 11) is 0. The molecule has 1 N–H and O–H groups in total. The molecule has 0 bridgehead atoms. The van der Waals surface area contributed by atoms with Crippen LogP contribution < -0.4 is 10.1 Å². The number of allylic oxidation sites excluding steroid dienone is 2. The van der Waals surface area contributed by atoms with Crippen molar-refractivity contribution in [3.05, 3.63) is 75.9 Å². The number of nitrogens with zero attached hydrogens (tertiary/aromatic N) is 1. The van der Waals surface area contributed by atoms with E-state index in [-0.39, 0.29) is 28.5 Å². The number of ether oxygens (including phenoxy) is 1. The first-order valence-electron chi connectivity index (χ1n) is 9.12. The van der Waals surface area contributed by atoms with E-state index in [1.807, 2.05) is 24.3 Å². The molecule has 3 atom stereocenters. The fourth-order valence-corrected chi connectivity index (χ4v) is 4.11. The molecular weight excluding hydrogens is 328 g/mol. The fourth-order valence-electron chi connectivity index (χ4n) is 4.11. The highest BCUT2D eigenvalue weighted by Gasteiger charge is 2.40. The molecule has 1 heterocycles. The summed E-state index contributed by atoms with van der Waals surface area (Å²) >= 11 is 0. The van der Waals surface area contributed by atoms with Crippen LogP contribution in [0.15, 0.2) is 54.6 Å². The van der Waals surface area contributed by atoms with Crippen LogP contribution in [0.5, 0.6) is 5.75 Å². The summed E-state index contributed by atoms with van der Waals surface area (Å²) < 4.78 is 5.79. The van der Waals surface area contributed by atoms with Gasteiger partial charge < -0.3 is 10.1 Å². The average Bonchev–Trinajstić information content (AvgIpc) is 3.15. The molecule has 5 heteroatoms. The monoisotopic (exact) mass is 350 g/mol. The lowest BCUT2D eigenvalue weighted by molar-refractivity contribution is -0.385. The van der Waals surface area contributed by atoms with Gasteiger partial charge >= 0.3 is 0 Å². The van der Waals surface area contributed by atoms with E-state index in [0.29, 0.717) is 6.61 Å². The molecule has 3 unspecified atom stereocenters. The standard InChI is InChI=1S/C21H22N2O3/c1-2-12-26-14-10-11-19-18(13-14)15-7-5-8-16(15)21(22-19)17-6-3-4-9-20(17)23(24)25/h3-7,9-11,13,15-16,21-22H,2,8,12H2,1H3. The molecule has 2 aliphatic rings. The van der Waals surface area contributed by atoms with Gasteiger partial charge in [-0.1, -0.05) is 37.3 Å². The minimum Gasteiger partial charge on any atom is -0.494 e. The first-order valence-corrected chi connectivity index (χ1v) is 9.12. The van der Waals surface area contributed by atoms with Crippen molar-refractivity contribution in [1.29, 1.82) is 0 Å². The number of benzene rings is 2. The molecule has 0 aromatic heterocycles. The number of fused-ring (bicyclic) bond motifs is 3. The summed E-state index contributed by atoms with van der Waals surface area (Å²) in [4.78, 5) is 11.2. The number of nitrogens with one attached hydrogen (secondary N) is 1. The van der Waals surface area contributed by atoms with Gasteiger partial charge in [0.25, 0.3) is 5.69 Å². The second-order valence-corrected chi connectivity index (χ2v) is 6.89. The maximum atomic E-state index is 11.5. The van der Waals surface area contributed by atoms with E-state index >= 15 is 0 Å². The van der Waals surface area contributed by atoms with Gasteiger partial charge in [0.2, 0.25) is 0 Å². The highest BCUT2D eigenvalue weighted by atomic mass is 16.6. The van der Waals surface area contributed by atoms with Crippen molar-refractivity contribution in [3.63, 3.8) is 0 Å². The molecule has 134 valence electrons. The Labute approximate surface area is 152 Å². The summed E-state index contributed by atoms with van der Waals surface area (Å²) in [5.41, 5.74) is 3.19. The number of hydrogen-bond donors (Lipinski definition) is 1.